The zero-order valence-corrected chi connectivity index (χ0v) is 13.8. The van der Waals surface area contributed by atoms with E-state index in [4.69, 9.17) is 4.74 Å². The Bertz CT molecular complexity index is 712. The van der Waals surface area contributed by atoms with Gasteiger partial charge >= 0.3 is 0 Å². The van der Waals surface area contributed by atoms with Gasteiger partial charge in [0.15, 0.2) is 11.6 Å². The second kappa shape index (κ2) is 7.04. The molecule has 0 bridgehead atoms. The first-order valence-electron chi connectivity index (χ1n) is 6.86. The van der Waals surface area contributed by atoms with Crippen LogP contribution in [0.3, 0.4) is 0 Å². The molecule has 5 nitrogen and oxygen atoms in total. The zero-order chi connectivity index (χ0) is 15.4. The van der Waals surface area contributed by atoms with Crippen LogP contribution in [0.5, 0.6) is 0 Å². The first-order valence-corrected chi connectivity index (χ1v) is 8.25. The quantitative estimate of drug-likeness (QED) is 0.705. The van der Waals surface area contributed by atoms with Crippen molar-refractivity contribution in [2.45, 2.75) is 11.8 Å². The van der Waals surface area contributed by atoms with E-state index in [1.165, 1.54) is 0 Å². The van der Waals surface area contributed by atoms with Crippen molar-refractivity contribution in [1.29, 1.82) is 0 Å². The van der Waals surface area contributed by atoms with E-state index in [0.29, 0.717) is 13.2 Å². The number of pyridine rings is 1. The number of rotatable bonds is 6. The molecule has 3 aromatic heterocycles. The predicted molar refractivity (Wildman–Crippen MR) is 90.3 cm³/mol. The summed E-state index contributed by atoms with van der Waals surface area (Å²) in [4.78, 5) is 5.44. The van der Waals surface area contributed by atoms with Gasteiger partial charge in [0.2, 0.25) is 0 Å². The minimum atomic E-state index is -0.223. The fourth-order valence-electron chi connectivity index (χ4n) is 2.18. The van der Waals surface area contributed by atoms with Crippen molar-refractivity contribution in [3.8, 4) is 10.7 Å². The molecule has 3 aromatic rings. The molecule has 0 fully saturated rings. The Morgan fingerprint density at radius 2 is 2.18 bits per heavy atom. The molecule has 0 saturated heterocycles. The smallest absolute Gasteiger partial charge is 0.174 e. The van der Waals surface area contributed by atoms with Gasteiger partial charge in [0.05, 0.1) is 17.2 Å². The summed E-state index contributed by atoms with van der Waals surface area (Å²) >= 11 is 6.33. The molecule has 3 heterocycles. The molecule has 0 radical (unpaired) electrons. The third kappa shape index (κ3) is 3.06. The first-order chi connectivity index (χ1) is 10.8. The number of thiophene rings is 1. The van der Waals surface area contributed by atoms with Gasteiger partial charge in [0.25, 0.3) is 0 Å². The van der Waals surface area contributed by atoms with Crippen LogP contribution >= 0.6 is 24.0 Å². The Balaban J connectivity index is 2.00. The maximum atomic E-state index is 5.21. The van der Waals surface area contributed by atoms with Crippen molar-refractivity contribution in [2.24, 2.45) is 0 Å². The highest BCUT2D eigenvalue weighted by Crippen LogP contribution is 2.30. The summed E-state index contributed by atoms with van der Waals surface area (Å²) in [5, 5.41) is 10.5. The van der Waals surface area contributed by atoms with Gasteiger partial charge in [-0.3, -0.25) is 4.98 Å². The molecule has 114 valence electrons. The van der Waals surface area contributed by atoms with E-state index in [2.05, 4.69) is 32.4 Å². The Morgan fingerprint density at radius 1 is 1.27 bits per heavy atom. The highest BCUT2D eigenvalue weighted by Gasteiger charge is 2.21. The molecule has 7 heteroatoms. The number of thiol groups is 1. The third-order valence-corrected chi connectivity index (χ3v) is 4.61. The van der Waals surface area contributed by atoms with E-state index in [9.17, 15) is 0 Å². The Kier molecular flexibility index (Phi) is 4.87. The summed E-state index contributed by atoms with van der Waals surface area (Å²) in [7, 11) is 1.69. The maximum absolute atomic E-state index is 5.21. The van der Waals surface area contributed by atoms with E-state index in [1.54, 1.807) is 24.6 Å². The number of nitrogens with zero attached hydrogens (tertiary/aromatic N) is 4. The van der Waals surface area contributed by atoms with Crippen LogP contribution in [-0.4, -0.2) is 33.5 Å². The number of aromatic nitrogens is 4. The summed E-state index contributed by atoms with van der Waals surface area (Å²) in [6, 6.07) is 9.82. The van der Waals surface area contributed by atoms with Gasteiger partial charge in [0.1, 0.15) is 5.25 Å². The standard InChI is InChI=1S/C15H16N4OS2/c1-20-9-8-19-14(12-6-4-10-22-12)17-18-15(19)13(21)11-5-2-3-7-16-11/h2-7,10,13,21H,8-9H2,1H3. The normalized spacial score (nSPS) is 12.5. The van der Waals surface area contributed by atoms with Gasteiger partial charge in [-0.15, -0.1) is 21.5 Å². The van der Waals surface area contributed by atoms with Crippen LogP contribution in [0.4, 0.5) is 0 Å². The fourth-order valence-corrected chi connectivity index (χ4v) is 3.24. The van der Waals surface area contributed by atoms with Crippen molar-refractivity contribution in [1.82, 2.24) is 19.7 Å². The van der Waals surface area contributed by atoms with Crippen molar-refractivity contribution in [3.05, 3.63) is 53.4 Å². The van der Waals surface area contributed by atoms with E-state index in [-0.39, 0.29) is 5.25 Å². The second-order valence-electron chi connectivity index (χ2n) is 4.66. The van der Waals surface area contributed by atoms with Gasteiger partial charge in [0, 0.05) is 19.9 Å². The largest absolute Gasteiger partial charge is 0.383 e. The maximum Gasteiger partial charge on any atom is 0.174 e. The van der Waals surface area contributed by atoms with Gasteiger partial charge in [-0.2, -0.15) is 12.6 Å². The molecule has 0 N–H and O–H groups in total. The Morgan fingerprint density at radius 3 is 2.86 bits per heavy atom. The van der Waals surface area contributed by atoms with Crippen LogP contribution < -0.4 is 0 Å². The van der Waals surface area contributed by atoms with Gasteiger partial charge in [-0.25, -0.2) is 0 Å². The Hall–Kier alpha value is -1.70. The molecule has 0 aliphatic rings. The van der Waals surface area contributed by atoms with E-state index >= 15 is 0 Å². The topological polar surface area (TPSA) is 52.8 Å². The minimum absolute atomic E-state index is 0.223. The molecule has 1 unspecified atom stereocenters. The van der Waals surface area contributed by atoms with Crippen molar-refractivity contribution in [3.63, 3.8) is 0 Å². The number of hydrogen-bond donors (Lipinski definition) is 1. The summed E-state index contributed by atoms with van der Waals surface area (Å²) in [5.74, 6) is 1.62. The molecule has 22 heavy (non-hydrogen) atoms. The summed E-state index contributed by atoms with van der Waals surface area (Å²) in [6.07, 6.45) is 1.76. The highest BCUT2D eigenvalue weighted by atomic mass is 32.1. The van der Waals surface area contributed by atoms with Crippen LogP contribution in [0.25, 0.3) is 10.7 Å². The lowest BCUT2D eigenvalue weighted by Gasteiger charge is -2.13. The third-order valence-electron chi connectivity index (χ3n) is 3.25. The second-order valence-corrected chi connectivity index (χ2v) is 6.12. The van der Waals surface area contributed by atoms with Gasteiger partial charge in [-0.1, -0.05) is 12.1 Å². The molecule has 0 amide bonds. The van der Waals surface area contributed by atoms with Gasteiger partial charge in [-0.05, 0) is 23.6 Å². The molecule has 0 aliphatic heterocycles. The van der Waals surface area contributed by atoms with Crippen LogP contribution in [-0.2, 0) is 11.3 Å². The molecule has 0 aromatic carbocycles. The van der Waals surface area contributed by atoms with E-state index in [1.807, 2.05) is 35.7 Å². The van der Waals surface area contributed by atoms with Gasteiger partial charge < -0.3 is 9.30 Å². The van der Waals surface area contributed by atoms with Crippen LogP contribution in [0, 0.1) is 0 Å². The SMILES string of the molecule is COCCn1c(-c2cccs2)nnc1C(S)c1ccccn1. The number of methoxy groups -OCH3 is 1. The number of hydrogen-bond acceptors (Lipinski definition) is 6. The summed E-state index contributed by atoms with van der Waals surface area (Å²) in [5.41, 5.74) is 0.856. The molecule has 0 spiro atoms. The van der Waals surface area contributed by atoms with E-state index in [0.717, 1.165) is 22.2 Å². The highest BCUT2D eigenvalue weighted by molar-refractivity contribution is 7.80. The molecular formula is C15H16N4OS2. The average Bonchev–Trinajstić information content (AvgIpc) is 3.22. The Labute approximate surface area is 138 Å². The van der Waals surface area contributed by atoms with Crippen LogP contribution in [0.1, 0.15) is 16.8 Å². The monoisotopic (exact) mass is 332 g/mol. The molecule has 0 aliphatic carbocycles. The fraction of sp³-hybridized carbons (Fsp3) is 0.267. The van der Waals surface area contributed by atoms with Crippen molar-refractivity contribution >= 4 is 24.0 Å². The van der Waals surface area contributed by atoms with Crippen molar-refractivity contribution < 1.29 is 4.74 Å². The number of ether oxygens (including phenoxy) is 1. The minimum Gasteiger partial charge on any atom is -0.383 e. The molecular weight excluding hydrogens is 316 g/mol. The summed E-state index contributed by atoms with van der Waals surface area (Å²) < 4.78 is 7.27. The average molecular weight is 332 g/mol. The first kappa shape index (κ1) is 15.2. The lowest BCUT2D eigenvalue weighted by molar-refractivity contribution is 0.186. The lowest BCUT2D eigenvalue weighted by atomic mass is 10.2. The molecule has 1 atom stereocenters. The van der Waals surface area contributed by atoms with Crippen molar-refractivity contribution in [2.75, 3.05) is 13.7 Å². The van der Waals surface area contributed by atoms with Crippen LogP contribution in [0.15, 0.2) is 41.9 Å². The lowest BCUT2D eigenvalue weighted by Crippen LogP contribution is -2.12. The molecule has 3 rings (SSSR count). The molecule has 0 saturated carbocycles. The van der Waals surface area contributed by atoms with Crippen LogP contribution in [0.2, 0.25) is 0 Å². The summed E-state index contributed by atoms with van der Waals surface area (Å²) in [6.45, 7) is 1.27. The predicted octanol–water partition coefficient (Wildman–Crippen LogP) is 3.07. The zero-order valence-electron chi connectivity index (χ0n) is 12.1. The van der Waals surface area contributed by atoms with E-state index < -0.39 is 0 Å².